The van der Waals surface area contributed by atoms with Crippen LogP contribution in [0.3, 0.4) is 0 Å². The van der Waals surface area contributed by atoms with Crippen LogP contribution in [0.25, 0.3) is 0 Å². The van der Waals surface area contributed by atoms with Crippen molar-refractivity contribution in [3.8, 4) is 0 Å². The third-order valence-electron chi connectivity index (χ3n) is 1.82. The van der Waals surface area contributed by atoms with Crippen molar-refractivity contribution >= 4 is 17.6 Å². The van der Waals surface area contributed by atoms with Gasteiger partial charge in [0.15, 0.2) is 6.23 Å². The van der Waals surface area contributed by atoms with Gasteiger partial charge in [-0.05, 0) is 6.07 Å². The standard InChI is InChI=1S/C7H9N3O3S/c8-4-1-2-10(6(11)9-4)5-3-14-7(12)13-5/h1-2,5,7,12H,3H2,(H2,8,9,11)/t5-,7-/m0/s1. The van der Waals surface area contributed by atoms with Crippen LogP contribution in [0.5, 0.6) is 0 Å². The number of nitrogen functional groups attached to an aromatic ring is 1. The van der Waals surface area contributed by atoms with E-state index in [-0.39, 0.29) is 5.82 Å². The zero-order valence-electron chi connectivity index (χ0n) is 7.16. The second-order valence-electron chi connectivity index (χ2n) is 2.77. The number of hydrogen-bond donors (Lipinski definition) is 2. The van der Waals surface area contributed by atoms with Crippen molar-refractivity contribution in [3.63, 3.8) is 0 Å². The van der Waals surface area contributed by atoms with Gasteiger partial charge in [0.05, 0.1) is 0 Å². The summed E-state index contributed by atoms with van der Waals surface area (Å²) in [7, 11) is 0. The zero-order chi connectivity index (χ0) is 10.1. The number of ether oxygens (including phenoxy) is 1. The molecule has 0 bridgehead atoms. The Balaban J connectivity index is 2.29. The van der Waals surface area contributed by atoms with Crippen LogP contribution in [-0.2, 0) is 4.74 Å². The molecule has 2 atom stereocenters. The Kier molecular flexibility index (Phi) is 2.44. The lowest BCUT2D eigenvalue weighted by atomic mass is 10.5. The molecule has 3 N–H and O–H groups in total. The van der Waals surface area contributed by atoms with E-state index < -0.39 is 17.5 Å². The molecule has 0 saturated carbocycles. The summed E-state index contributed by atoms with van der Waals surface area (Å²) in [6, 6.07) is 1.51. The van der Waals surface area contributed by atoms with Crippen molar-refractivity contribution in [2.75, 3.05) is 11.5 Å². The highest BCUT2D eigenvalue weighted by Crippen LogP contribution is 2.28. The van der Waals surface area contributed by atoms with Gasteiger partial charge < -0.3 is 15.6 Å². The summed E-state index contributed by atoms with van der Waals surface area (Å²) in [5, 5.41) is 9.09. The summed E-state index contributed by atoms with van der Waals surface area (Å²) in [4.78, 5) is 14.9. The Bertz CT molecular complexity index is 394. The SMILES string of the molecule is Nc1ccn([C@@H]2CS[C@@H](O)O2)c(=O)n1. The number of aliphatic hydroxyl groups is 1. The molecule has 2 rings (SSSR count). The van der Waals surface area contributed by atoms with E-state index in [0.29, 0.717) is 5.75 Å². The second kappa shape index (κ2) is 3.60. The van der Waals surface area contributed by atoms with Gasteiger partial charge in [0.25, 0.3) is 0 Å². The first-order valence-corrected chi connectivity index (χ1v) is 5.01. The Morgan fingerprint density at radius 2 is 2.57 bits per heavy atom. The Morgan fingerprint density at radius 3 is 3.14 bits per heavy atom. The number of nitrogens with zero attached hydrogens (tertiary/aromatic N) is 2. The van der Waals surface area contributed by atoms with E-state index in [4.69, 9.17) is 15.6 Å². The van der Waals surface area contributed by atoms with Gasteiger partial charge in [-0.2, -0.15) is 4.98 Å². The normalized spacial score (nSPS) is 26.6. The third-order valence-corrected chi connectivity index (χ3v) is 2.69. The highest BCUT2D eigenvalue weighted by atomic mass is 32.2. The van der Waals surface area contributed by atoms with Gasteiger partial charge >= 0.3 is 5.69 Å². The molecule has 7 heteroatoms. The highest BCUT2D eigenvalue weighted by Gasteiger charge is 2.26. The first kappa shape index (κ1) is 9.50. The number of hydrogen-bond acceptors (Lipinski definition) is 6. The Hall–Kier alpha value is -1.05. The van der Waals surface area contributed by atoms with Crippen LogP contribution in [0, 0.1) is 0 Å². The molecule has 76 valence electrons. The summed E-state index contributed by atoms with van der Waals surface area (Å²) in [6.45, 7) is 0. The molecular formula is C7H9N3O3S. The predicted molar refractivity (Wildman–Crippen MR) is 51.5 cm³/mol. The van der Waals surface area contributed by atoms with Crippen LogP contribution in [0.4, 0.5) is 5.82 Å². The van der Waals surface area contributed by atoms with Gasteiger partial charge in [0.2, 0.25) is 5.62 Å². The number of aromatic nitrogens is 2. The van der Waals surface area contributed by atoms with Crippen molar-refractivity contribution in [1.29, 1.82) is 0 Å². The minimum atomic E-state index is -0.871. The van der Waals surface area contributed by atoms with Crippen LogP contribution in [0.1, 0.15) is 6.23 Å². The molecule has 0 radical (unpaired) electrons. The van der Waals surface area contributed by atoms with E-state index in [1.165, 1.54) is 28.6 Å². The largest absolute Gasteiger partial charge is 0.383 e. The van der Waals surface area contributed by atoms with Crippen molar-refractivity contribution < 1.29 is 9.84 Å². The van der Waals surface area contributed by atoms with Crippen molar-refractivity contribution in [3.05, 3.63) is 22.7 Å². The summed E-state index contributed by atoms with van der Waals surface area (Å²) >= 11 is 1.23. The Labute approximate surface area is 83.7 Å². The first-order chi connectivity index (χ1) is 6.66. The van der Waals surface area contributed by atoms with Gasteiger partial charge in [-0.3, -0.25) is 4.57 Å². The average Bonchev–Trinajstić information content (AvgIpc) is 2.51. The van der Waals surface area contributed by atoms with Gasteiger partial charge in [0, 0.05) is 11.9 Å². The molecule has 1 aromatic rings. The van der Waals surface area contributed by atoms with E-state index >= 15 is 0 Å². The number of thioether (sulfide) groups is 1. The van der Waals surface area contributed by atoms with E-state index in [1.807, 2.05) is 0 Å². The zero-order valence-corrected chi connectivity index (χ0v) is 7.98. The molecule has 1 saturated heterocycles. The quantitative estimate of drug-likeness (QED) is 0.647. The molecule has 14 heavy (non-hydrogen) atoms. The maximum Gasteiger partial charge on any atom is 0.351 e. The molecule has 1 aromatic heterocycles. The third kappa shape index (κ3) is 1.74. The van der Waals surface area contributed by atoms with Crippen molar-refractivity contribution in [2.24, 2.45) is 0 Å². The summed E-state index contributed by atoms with van der Waals surface area (Å²) < 4.78 is 6.37. The smallest absolute Gasteiger partial charge is 0.351 e. The fourth-order valence-corrected chi connectivity index (χ4v) is 1.94. The molecule has 0 spiro atoms. The van der Waals surface area contributed by atoms with E-state index in [9.17, 15) is 4.79 Å². The van der Waals surface area contributed by atoms with Gasteiger partial charge in [-0.1, -0.05) is 11.8 Å². The lowest BCUT2D eigenvalue weighted by molar-refractivity contribution is -0.0839. The van der Waals surface area contributed by atoms with Gasteiger partial charge in [0.1, 0.15) is 5.82 Å². The summed E-state index contributed by atoms with van der Waals surface area (Å²) in [5.41, 5.74) is 3.99. The molecule has 0 aliphatic carbocycles. The van der Waals surface area contributed by atoms with Gasteiger partial charge in [-0.25, -0.2) is 4.79 Å². The molecule has 1 aliphatic heterocycles. The van der Waals surface area contributed by atoms with Crippen LogP contribution < -0.4 is 11.4 Å². The van der Waals surface area contributed by atoms with Crippen molar-refractivity contribution in [1.82, 2.24) is 9.55 Å². The average molecular weight is 215 g/mol. The molecular weight excluding hydrogens is 206 g/mol. The van der Waals surface area contributed by atoms with Gasteiger partial charge in [-0.15, -0.1) is 0 Å². The fourth-order valence-electron chi connectivity index (χ4n) is 1.17. The minimum absolute atomic E-state index is 0.178. The maximum absolute atomic E-state index is 11.3. The molecule has 1 aliphatic rings. The molecule has 0 aromatic carbocycles. The molecule has 1 fully saturated rings. The number of anilines is 1. The van der Waals surface area contributed by atoms with Crippen LogP contribution in [0.2, 0.25) is 0 Å². The maximum atomic E-state index is 11.3. The lowest BCUT2D eigenvalue weighted by Gasteiger charge is -2.11. The van der Waals surface area contributed by atoms with Crippen molar-refractivity contribution in [2.45, 2.75) is 11.8 Å². The highest BCUT2D eigenvalue weighted by molar-refractivity contribution is 7.99. The number of aliphatic hydroxyl groups excluding tert-OH is 1. The van der Waals surface area contributed by atoms with E-state index in [1.54, 1.807) is 0 Å². The van der Waals surface area contributed by atoms with Crippen LogP contribution >= 0.6 is 11.8 Å². The van der Waals surface area contributed by atoms with Crippen LogP contribution in [0.15, 0.2) is 17.1 Å². The second-order valence-corrected chi connectivity index (χ2v) is 3.84. The van der Waals surface area contributed by atoms with Crippen LogP contribution in [-0.4, -0.2) is 26.0 Å². The monoisotopic (exact) mass is 215 g/mol. The number of nitrogens with two attached hydrogens (primary N) is 1. The first-order valence-electron chi connectivity index (χ1n) is 3.96. The minimum Gasteiger partial charge on any atom is -0.383 e. The molecule has 0 amide bonds. The lowest BCUT2D eigenvalue weighted by Crippen LogP contribution is -2.28. The summed E-state index contributed by atoms with van der Waals surface area (Å²) in [6.07, 6.45) is 1.05. The predicted octanol–water partition coefficient (Wildman–Crippen LogP) is -0.637. The van der Waals surface area contributed by atoms with E-state index in [2.05, 4.69) is 4.98 Å². The molecule has 6 nitrogen and oxygen atoms in total. The topological polar surface area (TPSA) is 90.4 Å². The van der Waals surface area contributed by atoms with E-state index in [0.717, 1.165) is 0 Å². The Morgan fingerprint density at radius 1 is 1.79 bits per heavy atom. The number of rotatable bonds is 1. The summed E-state index contributed by atoms with van der Waals surface area (Å²) in [5.74, 6) is 0.699. The molecule has 2 heterocycles. The fraction of sp³-hybridized carbons (Fsp3) is 0.429. The molecule has 0 unspecified atom stereocenters.